The molecule has 1 aromatic heterocycles. The lowest BCUT2D eigenvalue weighted by molar-refractivity contribution is 0.268. The van der Waals surface area contributed by atoms with Gasteiger partial charge in [0.25, 0.3) is 0 Å². The second-order valence-corrected chi connectivity index (χ2v) is 3.87. The highest BCUT2D eigenvalue weighted by Crippen LogP contribution is 2.22. The molecule has 3 heteroatoms. The van der Waals surface area contributed by atoms with Gasteiger partial charge < -0.3 is 4.74 Å². The molecule has 0 aliphatic heterocycles. The zero-order chi connectivity index (χ0) is 8.97. The van der Waals surface area contributed by atoms with Crippen LogP contribution in [-0.2, 0) is 0 Å². The number of hydrogen-bond donors (Lipinski definition) is 0. The summed E-state index contributed by atoms with van der Waals surface area (Å²) in [5.41, 5.74) is 0. The monoisotopic (exact) mass is 229 g/mol. The largest absolute Gasteiger partial charge is 0.491 e. The molecule has 66 valence electrons. The molecule has 0 saturated carbocycles. The fraction of sp³-hybridized carbons (Fsp3) is 0.444. The Labute approximate surface area is 81.1 Å². The van der Waals surface area contributed by atoms with Crippen molar-refractivity contribution in [3.05, 3.63) is 22.9 Å². The van der Waals surface area contributed by atoms with Gasteiger partial charge >= 0.3 is 0 Å². The van der Waals surface area contributed by atoms with E-state index in [1.165, 1.54) is 0 Å². The van der Waals surface area contributed by atoms with E-state index in [9.17, 15) is 0 Å². The van der Waals surface area contributed by atoms with Crippen LogP contribution in [0.5, 0.6) is 5.75 Å². The first kappa shape index (κ1) is 9.52. The molecule has 2 nitrogen and oxygen atoms in total. The Morgan fingerprint density at radius 2 is 2.33 bits per heavy atom. The van der Waals surface area contributed by atoms with Crippen LogP contribution in [0.3, 0.4) is 0 Å². The molecule has 0 aliphatic rings. The molecule has 0 unspecified atom stereocenters. The molecule has 0 saturated heterocycles. The van der Waals surface area contributed by atoms with Crippen molar-refractivity contribution in [1.82, 2.24) is 4.98 Å². The van der Waals surface area contributed by atoms with Gasteiger partial charge in [0.15, 0.2) is 5.75 Å². The lowest BCUT2D eigenvalue weighted by Crippen LogP contribution is -2.04. The normalized spacial score (nSPS) is 10.3. The van der Waals surface area contributed by atoms with Crippen molar-refractivity contribution in [2.75, 3.05) is 6.61 Å². The van der Waals surface area contributed by atoms with E-state index in [2.05, 4.69) is 34.8 Å². The van der Waals surface area contributed by atoms with Gasteiger partial charge in [-0.25, -0.2) is 0 Å². The lowest BCUT2D eigenvalue weighted by atomic mass is 10.2. The summed E-state index contributed by atoms with van der Waals surface area (Å²) in [6.45, 7) is 4.96. The highest BCUT2D eigenvalue weighted by molar-refractivity contribution is 9.10. The number of ether oxygens (including phenoxy) is 1. The van der Waals surface area contributed by atoms with Crippen molar-refractivity contribution >= 4 is 15.9 Å². The summed E-state index contributed by atoms with van der Waals surface area (Å²) in [5.74, 6) is 1.35. The van der Waals surface area contributed by atoms with E-state index in [1.54, 1.807) is 12.4 Å². The second-order valence-electron chi connectivity index (χ2n) is 3.01. The Balaban J connectivity index is 2.57. The molecule has 0 aromatic carbocycles. The highest BCUT2D eigenvalue weighted by atomic mass is 79.9. The summed E-state index contributed by atoms with van der Waals surface area (Å²) in [6.07, 6.45) is 3.44. The Morgan fingerprint density at radius 3 is 2.92 bits per heavy atom. The van der Waals surface area contributed by atoms with Crippen LogP contribution < -0.4 is 4.74 Å². The Morgan fingerprint density at radius 1 is 1.58 bits per heavy atom. The second kappa shape index (κ2) is 4.45. The minimum atomic E-state index is 0.539. The summed E-state index contributed by atoms with van der Waals surface area (Å²) < 4.78 is 6.45. The van der Waals surface area contributed by atoms with Crippen LogP contribution >= 0.6 is 15.9 Å². The molecule has 0 fully saturated rings. The van der Waals surface area contributed by atoms with Gasteiger partial charge in [-0.1, -0.05) is 13.8 Å². The molecule has 0 spiro atoms. The van der Waals surface area contributed by atoms with Gasteiger partial charge in [-0.2, -0.15) is 0 Å². The summed E-state index contributed by atoms with van der Waals surface area (Å²) in [7, 11) is 0. The van der Waals surface area contributed by atoms with E-state index >= 15 is 0 Å². The lowest BCUT2D eigenvalue weighted by Gasteiger charge is -2.08. The zero-order valence-electron chi connectivity index (χ0n) is 7.25. The molecule has 12 heavy (non-hydrogen) atoms. The quantitative estimate of drug-likeness (QED) is 0.796. The minimum Gasteiger partial charge on any atom is -0.491 e. The molecule has 0 N–H and O–H groups in total. The van der Waals surface area contributed by atoms with E-state index < -0.39 is 0 Å². The van der Waals surface area contributed by atoms with Crippen molar-refractivity contribution < 1.29 is 4.74 Å². The molecule has 1 aromatic rings. The zero-order valence-corrected chi connectivity index (χ0v) is 8.84. The van der Waals surface area contributed by atoms with E-state index in [0.717, 1.165) is 16.8 Å². The van der Waals surface area contributed by atoms with Gasteiger partial charge in [0.05, 0.1) is 17.3 Å². The fourth-order valence-electron chi connectivity index (χ4n) is 0.726. The minimum absolute atomic E-state index is 0.539. The van der Waals surface area contributed by atoms with Gasteiger partial charge in [0.1, 0.15) is 0 Å². The molecule has 0 radical (unpaired) electrons. The topological polar surface area (TPSA) is 22.1 Å². The SMILES string of the molecule is CC(C)COc1cnccc1Br. The first-order valence-electron chi connectivity index (χ1n) is 3.92. The van der Waals surface area contributed by atoms with Gasteiger partial charge in [-0.05, 0) is 27.9 Å². The van der Waals surface area contributed by atoms with Crippen molar-refractivity contribution in [2.45, 2.75) is 13.8 Å². The van der Waals surface area contributed by atoms with E-state index in [1.807, 2.05) is 6.07 Å². The van der Waals surface area contributed by atoms with Crippen LogP contribution in [-0.4, -0.2) is 11.6 Å². The van der Waals surface area contributed by atoms with E-state index in [0.29, 0.717) is 5.92 Å². The average molecular weight is 230 g/mol. The van der Waals surface area contributed by atoms with Crippen LogP contribution in [0.4, 0.5) is 0 Å². The molecule has 0 amide bonds. The number of nitrogens with zero attached hydrogens (tertiary/aromatic N) is 1. The van der Waals surface area contributed by atoms with E-state index in [4.69, 9.17) is 4.74 Å². The molecule has 1 heterocycles. The smallest absolute Gasteiger partial charge is 0.151 e. The number of hydrogen-bond acceptors (Lipinski definition) is 2. The van der Waals surface area contributed by atoms with Crippen molar-refractivity contribution in [3.8, 4) is 5.75 Å². The summed E-state index contributed by atoms with van der Waals surface area (Å²) in [4.78, 5) is 3.97. The summed E-state index contributed by atoms with van der Waals surface area (Å²) in [6, 6.07) is 1.87. The first-order valence-corrected chi connectivity index (χ1v) is 4.71. The third-order valence-electron chi connectivity index (χ3n) is 1.31. The highest BCUT2D eigenvalue weighted by Gasteiger charge is 2.00. The van der Waals surface area contributed by atoms with Crippen LogP contribution in [0.1, 0.15) is 13.8 Å². The number of aromatic nitrogens is 1. The number of rotatable bonds is 3. The maximum absolute atomic E-state index is 5.49. The van der Waals surface area contributed by atoms with Gasteiger partial charge in [-0.15, -0.1) is 0 Å². The van der Waals surface area contributed by atoms with Crippen LogP contribution in [0, 0.1) is 5.92 Å². The summed E-state index contributed by atoms with van der Waals surface area (Å²) in [5, 5.41) is 0. The van der Waals surface area contributed by atoms with Crippen molar-refractivity contribution in [3.63, 3.8) is 0 Å². The Hall–Kier alpha value is -0.570. The van der Waals surface area contributed by atoms with Gasteiger partial charge in [0, 0.05) is 6.20 Å². The van der Waals surface area contributed by atoms with Crippen molar-refractivity contribution in [1.29, 1.82) is 0 Å². The average Bonchev–Trinajstić information content (AvgIpc) is 2.03. The predicted molar refractivity (Wildman–Crippen MR) is 52.3 cm³/mol. The van der Waals surface area contributed by atoms with E-state index in [-0.39, 0.29) is 0 Å². The Kier molecular flexibility index (Phi) is 3.53. The van der Waals surface area contributed by atoms with Gasteiger partial charge in [0.2, 0.25) is 0 Å². The predicted octanol–water partition coefficient (Wildman–Crippen LogP) is 2.88. The van der Waals surface area contributed by atoms with Crippen LogP contribution in [0.15, 0.2) is 22.9 Å². The molecular formula is C9H12BrNO. The number of halogens is 1. The third kappa shape index (κ3) is 2.81. The molecule has 0 bridgehead atoms. The maximum atomic E-state index is 5.49. The van der Waals surface area contributed by atoms with Crippen LogP contribution in [0.2, 0.25) is 0 Å². The van der Waals surface area contributed by atoms with Crippen LogP contribution in [0.25, 0.3) is 0 Å². The maximum Gasteiger partial charge on any atom is 0.151 e. The first-order chi connectivity index (χ1) is 5.70. The Bertz CT molecular complexity index is 250. The fourth-order valence-corrected chi connectivity index (χ4v) is 1.06. The van der Waals surface area contributed by atoms with Gasteiger partial charge in [-0.3, -0.25) is 4.98 Å². The number of pyridine rings is 1. The molecule has 0 aliphatic carbocycles. The van der Waals surface area contributed by atoms with Crippen molar-refractivity contribution in [2.24, 2.45) is 5.92 Å². The molecule has 1 rings (SSSR count). The third-order valence-corrected chi connectivity index (χ3v) is 1.96. The standard InChI is InChI=1S/C9H12BrNO/c1-7(2)6-12-9-5-11-4-3-8(9)10/h3-5,7H,6H2,1-2H3. The molecular weight excluding hydrogens is 218 g/mol. The summed E-state index contributed by atoms with van der Waals surface area (Å²) >= 11 is 3.38. The molecule has 0 atom stereocenters.